The van der Waals surface area contributed by atoms with Gasteiger partial charge in [0.15, 0.2) is 0 Å². The first-order valence-corrected chi connectivity index (χ1v) is 8.30. The first-order valence-electron chi connectivity index (χ1n) is 8.30. The van der Waals surface area contributed by atoms with Gasteiger partial charge in [0.05, 0.1) is 0 Å². The van der Waals surface area contributed by atoms with Crippen molar-refractivity contribution >= 4 is 17.9 Å². The highest BCUT2D eigenvalue weighted by molar-refractivity contribution is 5.87. The van der Waals surface area contributed by atoms with Crippen molar-refractivity contribution in [2.45, 2.75) is 25.7 Å². The third-order valence-corrected chi connectivity index (χ3v) is 4.34. The molecule has 2 amide bonds. The van der Waals surface area contributed by atoms with Crippen LogP contribution in [0.2, 0.25) is 0 Å². The van der Waals surface area contributed by atoms with Gasteiger partial charge in [0.25, 0.3) is 0 Å². The number of carbonyl (C=O) groups excluding carboxylic acids is 2. The van der Waals surface area contributed by atoms with E-state index >= 15 is 0 Å². The second kappa shape index (κ2) is 9.67. The van der Waals surface area contributed by atoms with Crippen LogP contribution in [0.4, 0.5) is 0 Å². The van der Waals surface area contributed by atoms with Crippen LogP contribution in [0.3, 0.4) is 0 Å². The maximum Gasteiger partial charge on any atom is 0.246 e. The lowest BCUT2D eigenvalue weighted by molar-refractivity contribution is -0.134. The lowest BCUT2D eigenvalue weighted by atomic mass is 9.81. The molecule has 5 heteroatoms. The van der Waals surface area contributed by atoms with Crippen LogP contribution in [-0.2, 0) is 9.59 Å². The minimum atomic E-state index is -0.300. The van der Waals surface area contributed by atoms with Crippen molar-refractivity contribution in [3.8, 4) is 0 Å². The number of rotatable bonds is 6. The van der Waals surface area contributed by atoms with Gasteiger partial charge in [-0.2, -0.15) is 0 Å². The Bertz CT molecular complexity index is 588. The summed E-state index contributed by atoms with van der Waals surface area (Å²) in [6.07, 6.45) is 10.3. The van der Waals surface area contributed by atoms with Crippen LogP contribution < -0.4 is 10.8 Å². The molecule has 0 unspecified atom stereocenters. The molecule has 0 spiro atoms. The zero-order valence-corrected chi connectivity index (χ0v) is 13.7. The Morgan fingerprint density at radius 1 is 1.08 bits per heavy atom. The molecular formula is C19H24N2O3. The van der Waals surface area contributed by atoms with E-state index in [0.717, 1.165) is 31.2 Å². The van der Waals surface area contributed by atoms with Crippen LogP contribution in [0, 0.1) is 11.8 Å². The quantitative estimate of drug-likeness (QED) is 0.325. The third kappa shape index (κ3) is 6.01. The molecule has 0 saturated heterocycles. The van der Waals surface area contributed by atoms with Crippen LogP contribution in [-0.4, -0.2) is 23.6 Å². The Labute approximate surface area is 142 Å². The van der Waals surface area contributed by atoms with Gasteiger partial charge in [-0.3, -0.25) is 14.8 Å². The van der Waals surface area contributed by atoms with Crippen molar-refractivity contribution in [2.24, 2.45) is 11.8 Å². The van der Waals surface area contributed by atoms with Gasteiger partial charge in [-0.1, -0.05) is 48.6 Å². The molecule has 0 heterocycles. The van der Waals surface area contributed by atoms with E-state index in [9.17, 15) is 9.59 Å². The SMILES string of the molecule is O=C(/C=C/C=C/c1ccccc1)NCC1CCC(C(=O)NO)CC1. The summed E-state index contributed by atoms with van der Waals surface area (Å²) in [5.41, 5.74) is 2.81. The molecule has 24 heavy (non-hydrogen) atoms. The summed E-state index contributed by atoms with van der Waals surface area (Å²) in [6, 6.07) is 9.89. The van der Waals surface area contributed by atoms with E-state index in [0.29, 0.717) is 12.5 Å². The topological polar surface area (TPSA) is 78.4 Å². The summed E-state index contributed by atoms with van der Waals surface area (Å²) in [7, 11) is 0. The van der Waals surface area contributed by atoms with Crippen molar-refractivity contribution in [3.63, 3.8) is 0 Å². The number of amides is 2. The number of carbonyl (C=O) groups is 2. The second-order valence-corrected chi connectivity index (χ2v) is 6.07. The minimum Gasteiger partial charge on any atom is -0.352 e. The van der Waals surface area contributed by atoms with Gasteiger partial charge in [-0.25, -0.2) is 5.48 Å². The van der Waals surface area contributed by atoms with Gasteiger partial charge in [-0.05, 0) is 37.2 Å². The van der Waals surface area contributed by atoms with Crippen LogP contribution in [0.1, 0.15) is 31.2 Å². The highest BCUT2D eigenvalue weighted by Crippen LogP contribution is 2.28. The molecule has 5 nitrogen and oxygen atoms in total. The summed E-state index contributed by atoms with van der Waals surface area (Å²) < 4.78 is 0. The van der Waals surface area contributed by atoms with Gasteiger partial charge in [0, 0.05) is 18.5 Å². The first-order chi connectivity index (χ1) is 11.7. The normalized spacial score (nSPS) is 21.0. The van der Waals surface area contributed by atoms with E-state index in [2.05, 4.69) is 5.32 Å². The van der Waals surface area contributed by atoms with E-state index in [4.69, 9.17) is 5.21 Å². The summed E-state index contributed by atoms with van der Waals surface area (Å²) in [4.78, 5) is 23.1. The van der Waals surface area contributed by atoms with Crippen LogP contribution in [0.5, 0.6) is 0 Å². The Kier molecular flexibility index (Phi) is 7.23. The minimum absolute atomic E-state index is 0.107. The molecular weight excluding hydrogens is 304 g/mol. The van der Waals surface area contributed by atoms with Crippen LogP contribution in [0.15, 0.2) is 48.6 Å². The molecule has 0 aromatic heterocycles. The van der Waals surface area contributed by atoms with Crippen LogP contribution >= 0.6 is 0 Å². The maximum atomic E-state index is 11.8. The van der Waals surface area contributed by atoms with Gasteiger partial charge < -0.3 is 5.32 Å². The molecule has 1 fully saturated rings. The summed E-state index contributed by atoms with van der Waals surface area (Å²) >= 11 is 0. The molecule has 1 aromatic rings. The Hall–Kier alpha value is -2.40. The van der Waals surface area contributed by atoms with Crippen molar-refractivity contribution in [1.29, 1.82) is 0 Å². The average molecular weight is 328 g/mol. The highest BCUT2D eigenvalue weighted by Gasteiger charge is 2.25. The van der Waals surface area contributed by atoms with Gasteiger partial charge in [-0.15, -0.1) is 0 Å². The van der Waals surface area contributed by atoms with Crippen molar-refractivity contribution < 1.29 is 14.8 Å². The van der Waals surface area contributed by atoms with Crippen molar-refractivity contribution in [3.05, 3.63) is 54.1 Å². The molecule has 0 radical (unpaired) electrons. The number of allylic oxidation sites excluding steroid dienone is 2. The number of hydrogen-bond acceptors (Lipinski definition) is 3. The zero-order chi connectivity index (χ0) is 17.2. The summed E-state index contributed by atoms with van der Waals surface area (Å²) in [5.74, 6) is -0.122. The standard InChI is InChI=1S/C19H24N2O3/c22-18(9-5-4-8-15-6-2-1-3-7-15)20-14-16-10-12-17(13-11-16)19(23)21-24/h1-9,16-17,24H,10-14H2,(H,20,22)(H,21,23)/b8-4+,9-5+. The summed E-state index contributed by atoms with van der Waals surface area (Å²) in [5, 5.41) is 11.5. The van der Waals surface area contributed by atoms with Crippen LogP contribution in [0.25, 0.3) is 6.08 Å². The Balaban J connectivity index is 1.66. The fourth-order valence-corrected chi connectivity index (χ4v) is 2.90. The molecule has 1 aromatic carbocycles. The fraction of sp³-hybridized carbons (Fsp3) is 0.368. The maximum absolute atomic E-state index is 11.8. The van der Waals surface area contributed by atoms with Gasteiger partial charge in [0.1, 0.15) is 0 Å². The van der Waals surface area contributed by atoms with E-state index in [1.807, 2.05) is 42.5 Å². The van der Waals surface area contributed by atoms with E-state index in [1.54, 1.807) is 11.6 Å². The lowest BCUT2D eigenvalue weighted by Crippen LogP contribution is -2.34. The highest BCUT2D eigenvalue weighted by atomic mass is 16.5. The second-order valence-electron chi connectivity index (χ2n) is 6.07. The van der Waals surface area contributed by atoms with Gasteiger partial charge >= 0.3 is 0 Å². The van der Waals surface area contributed by atoms with Gasteiger partial charge in [0.2, 0.25) is 11.8 Å². The first kappa shape index (κ1) is 17.9. The molecule has 3 N–H and O–H groups in total. The van der Waals surface area contributed by atoms with E-state index < -0.39 is 0 Å². The third-order valence-electron chi connectivity index (χ3n) is 4.34. The number of benzene rings is 1. The molecule has 0 atom stereocenters. The monoisotopic (exact) mass is 328 g/mol. The average Bonchev–Trinajstić information content (AvgIpc) is 2.64. The lowest BCUT2D eigenvalue weighted by Gasteiger charge is -2.27. The Morgan fingerprint density at radius 3 is 2.46 bits per heavy atom. The Morgan fingerprint density at radius 2 is 1.79 bits per heavy atom. The largest absolute Gasteiger partial charge is 0.352 e. The number of nitrogens with one attached hydrogen (secondary N) is 2. The van der Waals surface area contributed by atoms with E-state index in [-0.39, 0.29) is 17.7 Å². The molecule has 0 bridgehead atoms. The van der Waals surface area contributed by atoms with Crippen molar-refractivity contribution in [1.82, 2.24) is 10.8 Å². The van der Waals surface area contributed by atoms with E-state index in [1.165, 1.54) is 6.08 Å². The molecule has 2 rings (SSSR count). The number of hydrogen-bond donors (Lipinski definition) is 3. The number of hydroxylamine groups is 1. The molecule has 1 aliphatic carbocycles. The molecule has 1 aliphatic rings. The molecule has 128 valence electrons. The van der Waals surface area contributed by atoms with Crippen molar-refractivity contribution in [2.75, 3.05) is 6.54 Å². The fourth-order valence-electron chi connectivity index (χ4n) is 2.90. The predicted octanol–water partition coefficient (Wildman–Crippen LogP) is 2.68. The zero-order valence-electron chi connectivity index (χ0n) is 13.7. The predicted molar refractivity (Wildman–Crippen MR) is 93.0 cm³/mol. The molecule has 1 saturated carbocycles. The smallest absolute Gasteiger partial charge is 0.246 e. The summed E-state index contributed by atoms with van der Waals surface area (Å²) in [6.45, 7) is 0.624. The molecule has 0 aliphatic heterocycles.